The Bertz CT molecular complexity index is 417. The van der Waals surface area contributed by atoms with Gasteiger partial charge in [0.25, 0.3) is 0 Å². The van der Waals surface area contributed by atoms with Gasteiger partial charge in [0.2, 0.25) is 0 Å². The molecule has 90 valence electrons. The highest BCUT2D eigenvalue weighted by atomic mass is 79.9. The largest absolute Gasteiger partial charge is 0.445 e. The van der Waals surface area contributed by atoms with Gasteiger partial charge in [0, 0.05) is 11.0 Å². The van der Waals surface area contributed by atoms with E-state index in [0.717, 1.165) is 23.0 Å². The minimum atomic E-state index is -0.251. The molecule has 0 unspecified atom stereocenters. The smallest absolute Gasteiger partial charge is 0.410 e. The van der Waals surface area contributed by atoms with Gasteiger partial charge in [-0.15, -0.1) is 0 Å². The highest BCUT2D eigenvalue weighted by Crippen LogP contribution is 2.16. The number of benzene rings is 1. The zero-order valence-electron chi connectivity index (χ0n) is 9.43. The molecule has 1 amide bonds. The maximum absolute atomic E-state index is 11.8. The third-order valence-electron chi connectivity index (χ3n) is 2.57. The Labute approximate surface area is 109 Å². The van der Waals surface area contributed by atoms with Gasteiger partial charge >= 0.3 is 6.09 Å². The summed E-state index contributed by atoms with van der Waals surface area (Å²) in [5.41, 5.74) is 1.01. The minimum Gasteiger partial charge on any atom is -0.445 e. The van der Waals surface area contributed by atoms with E-state index in [-0.39, 0.29) is 6.09 Å². The molecule has 2 rings (SSSR count). The molecule has 0 saturated heterocycles. The van der Waals surface area contributed by atoms with E-state index in [1.807, 2.05) is 30.3 Å². The summed E-state index contributed by atoms with van der Waals surface area (Å²) < 4.78 is 6.30. The first-order valence-electron chi connectivity index (χ1n) is 5.56. The maximum atomic E-state index is 11.8. The number of nitrogens with zero attached hydrogens (tertiary/aromatic N) is 1. The third kappa shape index (κ3) is 3.60. The van der Waals surface area contributed by atoms with Gasteiger partial charge in [-0.2, -0.15) is 0 Å². The lowest BCUT2D eigenvalue weighted by Crippen LogP contribution is -2.35. The van der Waals surface area contributed by atoms with Gasteiger partial charge in [0.15, 0.2) is 0 Å². The highest BCUT2D eigenvalue weighted by molar-refractivity contribution is 9.11. The zero-order valence-corrected chi connectivity index (χ0v) is 11.0. The average molecular weight is 296 g/mol. The molecule has 17 heavy (non-hydrogen) atoms. The van der Waals surface area contributed by atoms with E-state index in [0.29, 0.717) is 13.2 Å². The van der Waals surface area contributed by atoms with Crippen molar-refractivity contribution in [3.8, 4) is 0 Å². The van der Waals surface area contributed by atoms with Crippen LogP contribution < -0.4 is 0 Å². The van der Waals surface area contributed by atoms with Crippen molar-refractivity contribution in [1.29, 1.82) is 0 Å². The molecule has 0 spiro atoms. The monoisotopic (exact) mass is 295 g/mol. The number of carbonyl (C=O) groups excluding carboxylic acids is 1. The standard InChI is InChI=1S/C13H14BrNO2/c14-12-7-4-8-15(9-12)13(16)17-10-11-5-2-1-3-6-11/h1-3,5-7H,4,8-10H2. The Morgan fingerprint density at radius 2 is 2.12 bits per heavy atom. The van der Waals surface area contributed by atoms with Crippen LogP contribution in [0.4, 0.5) is 4.79 Å². The van der Waals surface area contributed by atoms with Gasteiger partial charge in [-0.05, 0) is 12.0 Å². The summed E-state index contributed by atoms with van der Waals surface area (Å²) in [5, 5.41) is 0. The Morgan fingerprint density at radius 1 is 1.35 bits per heavy atom. The molecule has 4 heteroatoms. The Morgan fingerprint density at radius 3 is 2.82 bits per heavy atom. The lowest BCUT2D eigenvalue weighted by Gasteiger charge is -2.24. The van der Waals surface area contributed by atoms with Crippen LogP contribution >= 0.6 is 15.9 Å². The van der Waals surface area contributed by atoms with Crippen molar-refractivity contribution in [2.24, 2.45) is 0 Å². The van der Waals surface area contributed by atoms with Crippen LogP contribution in [0.3, 0.4) is 0 Å². The van der Waals surface area contributed by atoms with E-state index in [2.05, 4.69) is 22.0 Å². The van der Waals surface area contributed by atoms with Crippen LogP contribution in [0.1, 0.15) is 12.0 Å². The summed E-state index contributed by atoms with van der Waals surface area (Å²) in [6.07, 6.45) is 2.71. The SMILES string of the molecule is O=C(OCc1ccccc1)N1CCC=C(Br)C1. The topological polar surface area (TPSA) is 29.5 Å². The molecule has 0 aromatic heterocycles. The van der Waals surface area contributed by atoms with Crippen LogP contribution in [0, 0.1) is 0 Å². The Kier molecular flexibility index (Phi) is 4.20. The molecular weight excluding hydrogens is 282 g/mol. The van der Waals surface area contributed by atoms with Crippen LogP contribution in [0.5, 0.6) is 0 Å². The minimum absolute atomic E-state index is 0.251. The van der Waals surface area contributed by atoms with E-state index in [1.54, 1.807) is 4.90 Å². The van der Waals surface area contributed by atoms with E-state index in [1.165, 1.54) is 0 Å². The van der Waals surface area contributed by atoms with Crippen LogP contribution in [0.2, 0.25) is 0 Å². The number of hydrogen-bond donors (Lipinski definition) is 0. The van der Waals surface area contributed by atoms with E-state index < -0.39 is 0 Å². The Balaban J connectivity index is 1.84. The average Bonchev–Trinajstić information content (AvgIpc) is 2.37. The van der Waals surface area contributed by atoms with Crippen molar-refractivity contribution in [2.75, 3.05) is 13.1 Å². The second-order valence-corrected chi connectivity index (χ2v) is 4.92. The van der Waals surface area contributed by atoms with Gasteiger partial charge in [0.1, 0.15) is 6.61 Å². The van der Waals surface area contributed by atoms with E-state index in [9.17, 15) is 4.79 Å². The summed E-state index contributed by atoms with van der Waals surface area (Å²) in [7, 11) is 0. The lowest BCUT2D eigenvalue weighted by atomic mass is 10.2. The van der Waals surface area contributed by atoms with Gasteiger partial charge < -0.3 is 9.64 Å². The quantitative estimate of drug-likeness (QED) is 0.838. The molecule has 1 aliphatic heterocycles. The van der Waals surface area contributed by atoms with Crippen molar-refractivity contribution in [2.45, 2.75) is 13.0 Å². The number of rotatable bonds is 2. The fraction of sp³-hybridized carbons (Fsp3) is 0.308. The predicted octanol–water partition coefficient (Wildman–Crippen LogP) is 3.31. The van der Waals surface area contributed by atoms with Crippen molar-refractivity contribution < 1.29 is 9.53 Å². The van der Waals surface area contributed by atoms with E-state index >= 15 is 0 Å². The second-order valence-electron chi connectivity index (χ2n) is 3.90. The lowest BCUT2D eigenvalue weighted by molar-refractivity contribution is 0.0992. The molecule has 0 saturated carbocycles. The Hall–Kier alpha value is -1.29. The number of amides is 1. The number of ether oxygens (including phenoxy) is 1. The van der Waals surface area contributed by atoms with Crippen molar-refractivity contribution in [1.82, 2.24) is 4.90 Å². The molecule has 3 nitrogen and oxygen atoms in total. The molecule has 1 aromatic rings. The van der Waals surface area contributed by atoms with Crippen LogP contribution in [0.15, 0.2) is 40.9 Å². The van der Waals surface area contributed by atoms with Gasteiger partial charge in [-0.1, -0.05) is 52.3 Å². The molecule has 1 heterocycles. The molecule has 1 aliphatic rings. The molecule has 0 atom stereocenters. The van der Waals surface area contributed by atoms with Crippen molar-refractivity contribution in [3.05, 3.63) is 46.5 Å². The van der Waals surface area contributed by atoms with Gasteiger partial charge in [-0.3, -0.25) is 0 Å². The van der Waals surface area contributed by atoms with E-state index in [4.69, 9.17) is 4.74 Å². The maximum Gasteiger partial charge on any atom is 0.410 e. The molecule has 0 radical (unpaired) electrons. The summed E-state index contributed by atoms with van der Waals surface area (Å²) in [6, 6.07) is 9.70. The molecule has 0 fully saturated rings. The summed E-state index contributed by atoms with van der Waals surface area (Å²) in [5.74, 6) is 0. The summed E-state index contributed by atoms with van der Waals surface area (Å²) in [6.45, 7) is 1.66. The highest BCUT2D eigenvalue weighted by Gasteiger charge is 2.18. The molecular formula is C13H14BrNO2. The van der Waals surface area contributed by atoms with Gasteiger partial charge in [0.05, 0.1) is 6.54 Å². The molecule has 0 bridgehead atoms. The van der Waals surface area contributed by atoms with Crippen LogP contribution in [-0.4, -0.2) is 24.1 Å². The third-order valence-corrected chi connectivity index (χ3v) is 3.14. The fourth-order valence-electron chi connectivity index (χ4n) is 1.67. The normalized spacial score (nSPS) is 15.4. The summed E-state index contributed by atoms with van der Waals surface area (Å²) in [4.78, 5) is 13.5. The van der Waals surface area contributed by atoms with Gasteiger partial charge in [-0.25, -0.2) is 4.79 Å². The second kappa shape index (κ2) is 5.87. The zero-order chi connectivity index (χ0) is 12.1. The number of carbonyl (C=O) groups is 1. The molecule has 1 aromatic carbocycles. The van der Waals surface area contributed by atoms with Crippen molar-refractivity contribution >= 4 is 22.0 Å². The molecule has 0 N–H and O–H groups in total. The molecule has 0 aliphatic carbocycles. The van der Waals surface area contributed by atoms with Crippen LogP contribution in [-0.2, 0) is 11.3 Å². The first kappa shape index (κ1) is 12.2. The number of hydrogen-bond acceptors (Lipinski definition) is 2. The van der Waals surface area contributed by atoms with Crippen molar-refractivity contribution in [3.63, 3.8) is 0 Å². The summed E-state index contributed by atoms with van der Waals surface area (Å²) >= 11 is 3.40. The van der Waals surface area contributed by atoms with Crippen LogP contribution in [0.25, 0.3) is 0 Å². The predicted molar refractivity (Wildman–Crippen MR) is 69.8 cm³/mol. The first-order valence-corrected chi connectivity index (χ1v) is 6.35. The first-order chi connectivity index (χ1) is 8.25. The fourth-order valence-corrected chi connectivity index (χ4v) is 2.20. The number of halogens is 1.